The summed E-state index contributed by atoms with van der Waals surface area (Å²) < 4.78 is 13.3. The van der Waals surface area contributed by atoms with Gasteiger partial charge in [-0.25, -0.2) is 9.98 Å². The van der Waals surface area contributed by atoms with Crippen molar-refractivity contribution >= 4 is 17.4 Å². The van der Waals surface area contributed by atoms with E-state index in [1.807, 2.05) is 18.3 Å². The number of nitrogens with two attached hydrogens (primary N) is 2. The molecule has 1 fully saturated rings. The van der Waals surface area contributed by atoms with Gasteiger partial charge < -0.3 is 22.1 Å². The van der Waals surface area contributed by atoms with Crippen LogP contribution in [-0.2, 0) is 11.3 Å². The summed E-state index contributed by atoms with van der Waals surface area (Å²) in [5.41, 5.74) is 12.2. The van der Waals surface area contributed by atoms with Crippen LogP contribution >= 0.6 is 0 Å². The quantitative estimate of drug-likeness (QED) is 0.197. The lowest BCUT2D eigenvalue weighted by atomic mass is 9.77. The Morgan fingerprint density at radius 1 is 1.33 bits per heavy atom. The molecule has 172 valence electrons. The molecule has 0 unspecified atom stereocenters. The first-order chi connectivity index (χ1) is 15.9. The minimum atomic E-state index is -0.780. The van der Waals surface area contributed by atoms with Crippen molar-refractivity contribution < 1.29 is 9.18 Å². The first-order valence-corrected chi connectivity index (χ1v) is 10.6. The second kappa shape index (κ2) is 11.2. The van der Waals surface area contributed by atoms with Gasteiger partial charge in [0.05, 0.1) is 23.8 Å². The zero-order valence-electron chi connectivity index (χ0n) is 18.2. The van der Waals surface area contributed by atoms with Gasteiger partial charge in [-0.1, -0.05) is 6.07 Å². The van der Waals surface area contributed by atoms with Crippen LogP contribution in [-0.4, -0.2) is 33.3 Å². The summed E-state index contributed by atoms with van der Waals surface area (Å²) in [6.07, 6.45) is 9.66. The minimum Gasteiger partial charge on any atom is -0.384 e. The van der Waals surface area contributed by atoms with Crippen molar-refractivity contribution in [3.8, 4) is 6.07 Å². The van der Waals surface area contributed by atoms with Gasteiger partial charge in [0.2, 0.25) is 5.95 Å². The van der Waals surface area contributed by atoms with Crippen molar-refractivity contribution in [1.29, 1.82) is 5.26 Å². The number of carbonyl (C=O) groups is 1. The van der Waals surface area contributed by atoms with Crippen LogP contribution in [0.1, 0.15) is 37.7 Å². The number of nitrogens with zero attached hydrogens (tertiary/aromatic N) is 4. The molecular formula is C23H27FN8O. The number of hydrogen-bond donors (Lipinski definition) is 4. The van der Waals surface area contributed by atoms with E-state index in [9.17, 15) is 14.4 Å². The molecule has 1 aliphatic carbocycles. The van der Waals surface area contributed by atoms with Gasteiger partial charge in [0.15, 0.2) is 0 Å². The third kappa shape index (κ3) is 6.82. The zero-order valence-corrected chi connectivity index (χ0v) is 18.2. The standard InChI is InChI=1S/C23H27FN8O/c24-20-12-18(5-11-29-20)32-21(26)19(22(27)33)15-31-23(8-9-25)6-3-17(4-7-23)30-14-16-2-1-10-28-13-16/h1-2,5,10-13,15,17,30-31H,3-4,6-8,14H2,(H2,27,33)(H2,26,29,32)/b19-15+. The Bertz CT molecular complexity index is 1060. The fraction of sp³-hybridized carbons (Fsp3) is 0.348. The lowest BCUT2D eigenvalue weighted by Crippen LogP contribution is -2.49. The Hall–Kier alpha value is -3.84. The molecule has 0 aliphatic heterocycles. The number of amides is 1. The van der Waals surface area contributed by atoms with Crippen molar-refractivity contribution in [3.63, 3.8) is 0 Å². The Balaban J connectivity index is 1.67. The van der Waals surface area contributed by atoms with Crippen LogP contribution in [0.3, 0.4) is 0 Å². The number of carbonyl (C=O) groups excluding carboxylic acids is 1. The Morgan fingerprint density at radius 3 is 2.76 bits per heavy atom. The molecule has 0 atom stereocenters. The van der Waals surface area contributed by atoms with E-state index in [4.69, 9.17) is 11.5 Å². The van der Waals surface area contributed by atoms with E-state index in [1.165, 1.54) is 18.5 Å². The molecule has 0 saturated heterocycles. The monoisotopic (exact) mass is 450 g/mol. The number of aromatic nitrogens is 2. The van der Waals surface area contributed by atoms with Gasteiger partial charge in [-0.2, -0.15) is 9.65 Å². The number of aliphatic imine (C=N–C) groups is 1. The number of amidine groups is 1. The van der Waals surface area contributed by atoms with Gasteiger partial charge in [0, 0.05) is 49.0 Å². The fourth-order valence-corrected chi connectivity index (χ4v) is 3.82. The molecule has 0 bridgehead atoms. The SMILES string of the molecule is N#CCC1(N/C=C(/C(N)=O)C(N)=Nc2ccnc(F)c2)CCC(NCc2cccnc2)CC1. The molecule has 33 heavy (non-hydrogen) atoms. The summed E-state index contributed by atoms with van der Waals surface area (Å²) >= 11 is 0. The lowest BCUT2D eigenvalue weighted by Gasteiger charge is -2.39. The highest BCUT2D eigenvalue weighted by molar-refractivity contribution is 6.20. The van der Waals surface area contributed by atoms with Crippen molar-refractivity contribution in [2.45, 2.75) is 50.2 Å². The van der Waals surface area contributed by atoms with Gasteiger partial charge in [0.25, 0.3) is 5.91 Å². The number of halogens is 1. The van der Waals surface area contributed by atoms with Crippen molar-refractivity contribution in [2.24, 2.45) is 16.5 Å². The first-order valence-electron chi connectivity index (χ1n) is 10.6. The molecule has 0 spiro atoms. The maximum absolute atomic E-state index is 13.3. The summed E-state index contributed by atoms with van der Waals surface area (Å²) in [5, 5.41) is 16.1. The van der Waals surface area contributed by atoms with Crippen molar-refractivity contribution in [1.82, 2.24) is 20.6 Å². The molecule has 2 aromatic rings. The second-order valence-electron chi connectivity index (χ2n) is 8.03. The van der Waals surface area contributed by atoms with E-state index >= 15 is 0 Å². The molecular weight excluding hydrogens is 423 g/mol. The Kier molecular flexibility index (Phi) is 8.05. The molecule has 9 nitrogen and oxygen atoms in total. The average molecular weight is 451 g/mol. The average Bonchev–Trinajstić information content (AvgIpc) is 2.79. The van der Waals surface area contributed by atoms with Crippen LogP contribution in [0.25, 0.3) is 0 Å². The Morgan fingerprint density at radius 2 is 2.12 bits per heavy atom. The molecule has 2 heterocycles. The highest BCUT2D eigenvalue weighted by atomic mass is 19.1. The minimum absolute atomic E-state index is 0.0404. The number of hydrogen-bond acceptors (Lipinski definition) is 7. The predicted molar refractivity (Wildman–Crippen MR) is 122 cm³/mol. The highest BCUT2D eigenvalue weighted by Crippen LogP contribution is 2.31. The summed E-state index contributed by atoms with van der Waals surface area (Å²) in [6, 6.07) is 9.02. The van der Waals surface area contributed by atoms with Crippen LogP contribution in [0.15, 0.2) is 59.6 Å². The molecule has 0 radical (unpaired) electrons. The molecule has 6 N–H and O–H groups in total. The van der Waals surface area contributed by atoms with Crippen LogP contribution < -0.4 is 22.1 Å². The van der Waals surface area contributed by atoms with Crippen LogP contribution in [0, 0.1) is 17.3 Å². The highest BCUT2D eigenvalue weighted by Gasteiger charge is 2.34. The van der Waals surface area contributed by atoms with Gasteiger partial charge in [0.1, 0.15) is 5.84 Å². The summed E-state index contributed by atoms with van der Waals surface area (Å²) in [7, 11) is 0. The second-order valence-corrected chi connectivity index (χ2v) is 8.03. The normalized spacial score (nSPS) is 21.3. The summed E-state index contributed by atoms with van der Waals surface area (Å²) in [5.74, 6) is -1.65. The van der Waals surface area contributed by atoms with Crippen LogP contribution in [0.4, 0.5) is 10.1 Å². The smallest absolute Gasteiger partial charge is 0.253 e. The van der Waals surface area contributed by atoms with E-state index in [0.29, 0.717) is 6.04 Å². The number of rotatable bonds is 9. The summed E-state index contributed by atoms with van der Waals surface area (Å²) in [6.45, 7) is 0.728. The third-order valence-electron chi connectivity index (χ3n) is 5.70. The number of nitrogens with one attached hydrogen (secondary N) is 2. The molecule has 0 aromatic carbocycles. The largest absolute Gasteiger partial charge is 0.384 e. The topological polar surface area (TPSA) is 155 Å². The molecule has 3 rings (SSSR count). The van der Waals surface area contributed by atoms with E-state index in [2.05, 4.69) is 31.7 Å². The van der Waals surface area contributed by atoms with E-state index < -0.39 is 17.4 Å². The summed E-state index contributed by atoms with van der Waals surface area (Å²) in [4.78, 5) is 23.6. The molecule has 10 heteroatoms. The molecule has 1 saturated carbocycles. The molecule has 1 amide bonds. The molecule has 1 aliphatic rings. The predicted octanol–water partition coefficient (Wildman–Crippen LogP) is 1.95. The van der Waals surface area contributed by atoms with E-state index in [1.54, 1.807) is 6.20 Å². The zero-order chi connectivity index (χ0) is 23.7. The van der Waals surface area contributed by atoms with Crippen LogP contribution in [0.2, 0.25) is 0 Å². The van der Waals surface area contributed by atoms with E-state index in [-0.39, 0.29) is 23.5 Å². The van der Waals surface area contributed by atoms with Crippen LogP contribution in [0.5, 0.6) is 0 Å². The van der Waals surface area contributed by atoms with Crippen molar-refractivity contribution in [3.05, 3.63) is 66.1 Å². The van der Waals surface area contributed by atoms with Crippen molar-refractivity contribution in [2.75, 3.05) is 0 Å². The van der Waals surface area contributed by atoms with Gasteiger partial charge in [-0.15, -0.1) is 0 Å². The molecule has 2 aromatic heterocycles. The lowest BCUT2D eigenvalue weighted by molar-refractivity contribution is -0.114. The van der Waals surface area contributed by atoms with Gasteiger partial charge in [-0.05, 0) is 43.4 Å². The van der Waals surface area contributed by atoms with Gasteiger partial charge >= 0.3 is 0 Å². The number of primary amides is 1. The maximum Gasteiger partial charge on any atom is 0.253 e. The number of nitriles is 1. The van der Waals surface area contributed by atoms with E-state index in [0.717, 1.165) is 43.9 Å². The fourth-order valence-electron chi connectivity index (χ4n) is 3.82. The number of pyridine rings is 2. The third-order valence-corrected chi connectivity index (χ3v) is 5.70. The Labute approximate surface area is 191 Å². The first kappa shape index (κ1) is 23.8. The maximum atomic E-state index is 13.3. The van der Waals surface area contributed by atoms with Gasteiger partial charge in [-0.3, -0.25) is 9.78 Å².